The van der Waals surface area contributed by atoms with Gasteiger partial charge in [-0.1, -0.05) is 57.6 Å². The number of aliphatic carboxylic acids is 1. The number of hydrogen-bond donors (Lipinski definition) is 2. The second-order valence-corrected chi connectivity index (χ2v) is 7.54. The fourth-order valence-electron chi connectivity index (χ4n) is 4.05. The Kier molecular flexibility index (Phi) is 8.93. The molecule has 0 aromatic rings. The molecule has 0 aromatic heterocycles. The van der Waals surface area contributed by atoms with Crippen LogP contribution in [0, 0.1) is 11.8 Å². The summed E-state index contributed by atoms with van der Waals surface area (Å²) in [4.78, 5) is 21.3. The Morgan fingerprint density at radius 2 is 1.88 bits per heavy atom. The van der Waals surface area contributed by atoms with Crippen molar-refractivity contribution in [2.75, 3.05) is 0 Å². The molecule has 0 unspecified atom stereocenters. The largest absolute Gasteiger partial charge is 0.481 e. The maximum Gasteiger partial charge on any atom is 0.303 e. The van der Waals surface area contributed by atoms with E-state index in [0.29, 0.717) is 11.8 Å². The number of rotatable bonds is 13. The summed E-state index contributed by atoms with van der Waals surface area (Å²) >= 11 is 0. The lowest BCUT2D eigenvalue weighted by Gasteiger charge is -2.28. The first kappa shape index (κ1) is 20.4. The van der Waals surface area contributed by atoms with Crippen LogP contribution in [-0.2, 0) is 14.6 Å². The first-order valence-electron chi connectivity index (χ1n) is 10.0. The van der Waals surface area contributed by atoms with Crippen LogP contribution in [0.25, 0.3) is 0 Å². The van der Waals surface area contributed by atoms with E-state index in [2.05, 4.69) is 13.0 Å². The predicted octanol–water partition coefficient (Wildman–Crippen LogP) is 4.24. The van der Waals surface area contributed by atoms with Gasteiger partial charge in [-0.3, -0.25) is 4.79 Å². The molecule has 5 nitrogen and oxygen atoms in total. The minimum absolute atomic E-state index is 0.126. The first-order chi connectivity index (χ1) is 12.1. The summed E-state index contributed by atoms with van der Waals surface area (Å²) < 4.78 is 0. The molecular weight excluding hydrogens is 320 g/mol. The van der Waals surface area contributed by atoms with Gasteiger partial charge in [0.15, 0.2) is 0 Å². The third-order valence-electron chi connectivity index (χ3n) is 5.51. The van der Waals surface area contributed by atoms with Crippen molar-refractivity contribution in [3.8, 4) is 0 Å². The zero-order valence-electron chi connectivity index (χ0n) is 15.4. The van der Waals surface area contributed by atoms with Gasteiger partial charge in [-0.25, -0.2) is 9.78 Å². The van der Waals surface area contributed by atoms with Crippen molar-refractivity contribution in [2.24, 2.45) is 11.8 Å². The van der Waals surface area contributed by atoms with Crippen LogP contribution < -0.4 is 0 Å². The van der Waals surface area contributed by atoms with E-state index in [1.807, 2.05) is 6.08 Å². The zero-order chi connectivity index (χ0) is 18.1. The van der Waals surface area contributed by atoms with E-state index in [9.17, 15) is 9.90 Å². The average Bonchev–Trinajstić information content (AvgIpc) is 3.17. The number of aliphatic hydroxyl groups excluding tert-OH is 1. The van der Waals surface area contributed by atoms with Gasteiger partial charge in [0.25, 0.3) is 0 Å². The summed E-state index contributed by atoms with van der Waals surface area (Å²) in [7, 11) is 0. The molecule has 0 amide bonds. The van der Waals surface area contributed by atoms with Crippen LogP contribution >= 0.6 is 0 Å². The summed E-state index contributed by atoms with van der Waals surface area (Å²) in [6, 6.07) is 0. The number of aliphatic hydroxyl groups is 1. The Morgan fingerprint density at radius 3 is 2.64 bits per heavy atom. The molecule has 2 bridgehead atoms. The van der Waals surface area contributed by atoms with Crippen molar-refractivity contribution in [3.05, 3.63) is 12.2 Å². The molecule has 5 atom stereocenters. The van der Waals surface area contributed by atoms with Crippen LogP contribution in [-0.4, -0.2) is 34.5 Å². The van der Waals surface area contributed by atoms with Gasteiger partial charge < -0.3 is 10.2 Å². The lowest BCUT2D eigenvalue weighted by molar-refractivity contribution is -0.337. The van der Waals surface area contributed by atoms with Crippen LogP contribution in [0.2, 0.25) is 0 Å². The molecule has 25 heavy (non-hydrogen) atoms. The fourth-order valence-corrected chi connectivity index (χ4v) is 4.05. The molecule has 0 aromatic carbocycles. The summed E-state index contributed by atoms with van der Waals surface area (Å²) in [6.45, 7) is 2.17. The van der Waals surface area contributed by atoms with E-state index in [4.69, 9.17) is 14.9 Å². The third kappa shape index (κ3) is 6.72. The Bertz CT molecular complexity index is 422. The molecule has 2 N–H and O–H groups in total. The number of hydrogen-bond acceptors (Lipinski definition) is 4. The standard InChI is InChI=1S/C20H34O5/c1-2-3-6-9-15(21)12-13-17-16(18-14-19(17)25-24-18)10-7-4-5-8-11-20(22)23/h12-13,15-19,21H,2-11,14H2,1H3,(H,22,23)/b13-12+/t15-,16-,17-,18+,19-/m0/s1. The summed E-state index contributed by atoms with van der Waals surface area (Å²) in [5.74, 6) is 0.0808. The highest BCUT2D eigenvalue weighted by atomic mass is 17.2. The highest BCUT2D eigenvalue weighted by Gasteiger charge is 2.49. The molecule has 2 aliphatic rings. The predicted molar refractivity (Wildman–Crippen MR) is 96.0 cm³/mol. The van der Waals surface area contributed by atoms with Crippen molar-refractivity contribution in [1.29, 1.82) is 0 Å². The molecule has 2 fully saturated rings. The lowest BCUT2D eigenvalue weighted by Crippen LogP contribution is -2.29. The monoisotopic (exact) mass is 354 g/mol. The molecular formula is C20H34O5. The van der Waals surface area contributed by atoms with E-state index in [0.717, 1.165) is 51.4 Å². The highest BCUT2D eigenvalue weighted by molar-refractivity contribution is 5.66. The Hall–Kier alpha value is -0.910. The van der Waals surface area contributed by atoms with Crippen molar-refractivity contribution in [2.45, 2.75) is 95.9 Å². The van der Waals surface area contributed by atoms with Crippen LogP contribution in [0.4, 0.5) is 0 Å². The van der Waals surface area contributed by atoms with E-state index in [1.165, 1.54) is 12.8 Å². The molecule has 1 heterocycles. The summed E-state index contributed by atoms with van der Waals surface area (Å²) in [6.07, 6.45) is 14.5. The van der Waals surface area contributed by atoms with Crippen LogP contribution in [0.5, 0.6) is 0 Å². The van der Waals surface area contributed by atoms with Gasteiger partial charge in [0.05, 0.1) is 12.2 Å². The van der Waals surface area contributed by atoms with Crippen LogP contribution in [0.15, 0.2) is 12.2 Å². The highest BCUT2D eigenvalue weighted by Crippen LogP contribution is 2.45. The number of unbranched alkanes of at least 4 members (excludes halogenated alkanes) is 5. The van der Waals surface area contributed by atoms with Gasteiger partial charge in [-0.05, 0) is 25.2 Å². The smallest absolute Gasteiger partial charge is 0.303 e. The molecule has 0 spiro atoms. The van der Waals surface area contributed by atoms with Gasteiger partial charge in [-0.2, -0.15) is 0 Å². The fraction of sp³-hybridized carbons (Fsp3) is 0.850. The lowest BCUT2D eigenvalue weighted by atomic mass is 9.87. The second-order valence-electron chi connectivity index (χ2n) is 7.54. The molecule has 0 radical (unpaired) electrons. The van der Waals surface area contributed by atoms with Gasteiger partial charge in [-0.15, -0.1) is 0 Å². The molecule has 1 saturated heterocycles. The zero-order valence-corrected chi connectivity index (χ0v) is 15.4. The van der Waals surface area contributed by atoms with Gasteiger partial charge in [0, 0.05) is 18.8 Å². The second kappa shape index (κ2) is 10.9. The minimum Gasteiger partial charge on any atom is -0.481 e. The minimum atomic E-state index is -0.707. The average molecular weight is 354 g/mol. The van der Waals surface area contributed by atoms with E-state index < -0.39 is 5.97 Å². The summed E-state index contributed by atoms with van der Waals surface area (Å²) in [5, 5.41) is 18.8. The molecule has 2 rings (SSSR count). The van der Waals surface area contributed by atoms with Crippen LogP contribution in [0.1, 0.15) is 77.6 Å². The van der Waals surface area contributed by atoms with E-state index in [-0.39, 0.29) is 24.7 Å². The topological polar surface area (TPSA) is 76.0 Å². The molecule has 1 aliphatic heterocycles. The summed E-state index contributed by atoms with van der Waals surface area (Å²) in [5.41, 5.74) is 0. The molecule has 1 saturated carbocycles. The normalized spacial score (nSPS) is 29.5. The molecule has 1 aliphatic carbocycles. The van der Waals surface area contributed by atoms with Crippen molar-refractivity contribution in [1.82, 2.24) is 0 Å². The first-order valence-corrected chi connectivity index (χ1v) is 10.0. The number of fused-ring (bicyclic) bond motifs is 2. The van der Waals surface area contributed by atoms with Gasteiger partial charge in [0.1, 0.15) is 6.10 Å². The maximum atomic E-state index is 10.5. The maximum absolute atomic E-state index is 10.5. The van der Waals surface area contributed by atoms with Crippen molar-refractivity contribution in [3.63, 3.8) is 0 Å². The Labute approximate surface area is 151 Å². The number of carboxylic acid groups (broad SMARTS) is 1. The van der Waals surface area contributed by atoms with Gasteiger partial charge in [0.2, 0.25) is 0 Å². The van der Waals surface area contributed by atoms with Crippen molar-refractivity contribution >= 4 is 5.97 Å². The molecule has 5 heteroatoms. The third-order valence-corrected chi connectivity index (χ3v) is 5.51. The van der Waals surface area contributed by atoms with Crippen LogP contribution in [0.3, 0.4) is 0 Å². The van der Waals surface area contributed by atoms with E-state index in [1.54, 1.807) is 0 Å². The number of carboxylic acids is 1. The van der Waals surface area contributed by atoms with Gasteiger partial charge >= 0.3 is 5.97 Å². The molecule has 144 valence electrons. The number of carbonyl (C=O) groups is 1. The SMILES string of the molecule is CCCCC[C@H](O)/C=C/[C@H]1[C@H](CCCCCCC(=O)O)[C@H]2C[C@@H]1OO2. The Balaban J connectivity index is 1.71. The Morgan fingerprint density at radius 1 is 1.12 bits per heavy atom. The van der Waals surface area contributed by atoms with E-state index >= 15 is 0 Å². The quantitative estimate of drug-likeness (QED) is 0.294. The van der Waals surface area contributed by atoms with Crippen molar-refractivity contribution < 1.29 is 24.8 Å².